The molecular formula is C12H16INO3. The molecule has 94 valence electrons. The van der Waals surface area contributed by atoms with Crippen LogP contribution in [-0.4, -0.2) is 22.4 Å². The summed E-state index contributed by atoms with van der Waals surface area (Å²) in [6.07, 6.45) is -0.449. The van der Waals surface area contributed by atoms with Crippen molar-refractivity contribution in [3.05, 3.63) is 33.4 Å². The van der Waals surface area contributed by atoms with Crippen LogP contribution in [-0.2, 0) is 0 Å². The molecule has 1 aromatic carbocycles. The van der Waals surface area contributed by atoms with Crippen molar-refractivity contribution in [1.29, 1.82) is 0 Å². The van der Waals surface area contributed by atoms with Gasteiger partial charge in [0.1, 0.15) is 0 Å². The number of benzene rings is 1. The maximum absolute atomic E-state index is 10.8. The van der Waals surface area contributed by atoms with Crippen molar-refractivity contribution in [1.82, 2.24) is 5.32 Å². The minimum absolute atomic E-state index is 0.565. The van der Waals surface area contributed by atoms with E-state index in [2.05, 4.69) is 27.9 Å². The molecule has 0 heterocycles. The number of halogens is 1. The van der Waals surface area contributed by atoms with Gasteiger partial charge < -0.3 is 15.5 Å². The molecule has 2 unspecified atom stereocenters. The van der Waals surface area contributed by atoms with Crippen molar-refractivity contribution in [2.45, 2.75) is 31.9 Å². The van der Waals surface area contributed by atoms with E-state index in [4.69, 9.17) is 5.11 Å². The summed E-state index contributed by atoms with van der Waals surface area (Å²) in [7, 11) is 0. The Hall–Kier alpha value is -0.820. The molecule has 1 amide bonds. The Bertz CT molecular complexity index is 384. The topological polar surface area (TPSA) is 69.6 Å². The molecule has 4 nitrogen and oxygen atoms in total. The predicted molar refractivity (Wildman–Crippen MR) is 74.0 cm³/mol. The molecule has 5 heteroatoms. The number of carbonyl (C=O) groups is 1. The fourth-order valence-electron chi connectivity index (χ4n) is 1.70. The Morgan fingerprint density at radius 1 is 1.47 bits per heavy atom. The van der Waals surface area contributed by atoms with Gasteiger partial charge in [-0.25, -0.2) is 4.79 Å². The third kappa shape index (κ3) is 4.16. The van der Waals surface area contributed by atoms with Crippen LogP contribution in [0.25, 0.3) is 0 Å². The highest BCUT2D eigenvalue weighted by atomic mass is 127. The molecule has 0 radical (unpaired) electrons. The van der Waals surface area contributed by atoms with E-state index in [0.29, 0.717) is 6.42 Å². The molecule has 1 aromatic rings. The van der Waals surface area contributed by atoms with Crippen molar-refractivity contribution in [2.24, 2.45) is 0 Å². The lowest BCUT2D eigenvalue weighted by atomic mass is 9.98. The highest BCUT2D eigenvalue weighted by Crippen LogP contribution is 2.24. The van der Waals surface area contributed by atoms with Crippen LogP contribution in [0, 0.1) is 3.57 Å². The summed E-state index contributed by atoms with van der Waals surface area (Å²) in [5.74, 6) is 0. The zero-order chi connectivity index (χ0) is 12.8. The molecule has 0 aliphatic carbocycles. The van der Waals surface area contributed by atoms with Gasteiger partial charge in [0.25, 0.3) is 0 Å². The number of hydrogen-bond acceptors (Lipinski definition) is 2. The molecule has 0 aliphatic rings. The second kappa shape index (κ2) is 6.80. The molecule has 3 N–H and O–H groups in total. The number of hydrogen-bond donors (Lipinski definition) is 3. The highest BCUT2D eigenvalue weighted by Gasteiger charge is 2.23. The lowest BCUT2D eigenvalue weighted by Gasteiger charge is -2.24. The van der Waals surface area contributed by atoms with Crippen LogP contribution in [0.1, 0.15) is 31.4 Å². The molecule has 0 aromatic heterocycles. The Morgan fingerprint density at radius 2 is 2.12 bits per heavy atom. The average Bonchev–Trinajstić information content (AvgIpc) is 2.27. The number of amides is 1. The number of aliphatic hydroxyl groups is 1. The first-order valence-electron chi connectivity index (χ1n) is 5.48. The van der Waals surface area contributed by atoms with E-state index in [1.54, 1.807) is 0 Å². The van der Waals surface area contributed by atoms with E-state index in [1.165, 1.54) is 0 Å². The molecule has 0 saturated carbocycles. The van der Waals surface area contributed by atoms with Gasteiger partial charge >= 0.3 is 6.09 Å². The molecule has 0 fully saturated rings. The zero-order valence-corrected chi connectivity index (χ0v) is 11.7. The number of nitrogens with one attached hydrogen (secondary N) is 1. The fourth-order valence-corrected chi connectivity index (χ4v) is 2.43. The molecule has 0 spiro atoms. The van der Waals surface area contributed by atoms with E-state index in [1.807, 2.05) is 31.2 Å². The second-order valence-corrected chi connectivity index (χ2v) is 4.97. The second-order valence-electron chi connectivity index (χ2n) is 3.80. The predicted octanol–water partition coefficient (Wildman–Crippen LogP) is 2.76. The molecule has 0 aliphatic heterocycles. The standard InChI is InChI=1S/C12H16INO3/c1-2-5-10(15)11(14-12(16)17)8-6-3-4-7-9(8)13/h3-4,6-7,10-11,14-15H,2,5H2,1H3,(H,16,17). The maximum atomic E-state index is 10.8. The van der Waals surface area contributed by atoms with E-state index >= 15 is 0 Å². The Labute approximate surface area is 114 Å². The lowest BCUT2D eigenvalue weighted by molar-refractivity contribution is 0.111. The van der Waals surface area contributed by atoms with Crippen LogP contribution in [0.15, 0.2) is 24.3 Å². The van der Waals surface area contributed by atoms with Crippen LogP contribution in [0.3, 0.4) is 0 Å². The summed E-state index contributed by atoms with van der Waals surface area (Å²) < 4.78 is 0.944. The number of aliphatic hydroxyl groups excluding tert-OH is 1. The van der Waals surface area contributed by atoms with Gasteiger partial charge in [-0.15, -0.1) is 0 Å². The monoisotopic (exact) mass is 349 g/mol. The normalized spacial score (nSPS) is 14.1. The molecule has 0 bridgehead atoms. The first kappa shape index (κ1) is 14.2. The van der Waals surface area contributed by atoms with Crippen molar-refractivity contribution >= 4 is 28.7 Å². The van der Waals surface area contributed by atoms with Gasteiger partial charge in [-0.3, -0.25) is 0 Å². The fraction of sp³-hybridized carbons (Fsp3) is 0.417. The SMILES string of the molecule is CCCC(O)C(NC(=O)O)c1ccccc1I. The van der Waals surface area contributed by atoms with Crippen molar-refractivity contribution in [2.75, 3.05) is 0 Å². The minimum atomic E-state index is -1.12. The Balaban J connectivity index is 2.97. The first-order valence-corrected chi connectivity index (χ1v) is 6.56. The van der Waals surface area contributed by atoms with Gasteiger partial charge in [0, 0.05) is 3.57 Å². The average molecular weight is 349 g/mol. The summed E-state index contributed by atoms with van der Waals surface area (Å²) in [6.45, 7) is 1.96. The third-order valence-electron chi connectivity index (χ3n) is 2.49. The van der Waals surface area contributed by atoms with Crippen molar-refractivity contribution in [3.8, 4) is 0 Å². The van der Waals surface area contributed by atoms with Crippen molar-refractivity contribution < 1.29 is 15.0 Å². The van der Waals surface area contributed by atoms with Gasteiger partial charge in [-0.2, -0.15) is 0 Å². The lowest BCUT2D eigenvalue weighted by Crippen LogP contribution is -2.35. The van der Waals surface area contributed by atoms with Crippen LogP contribution >= 0.6 is 22.6 Å². The summed E-state index contributed by atoms with van der Waals surface area (Å²) in [6, 6.07) is 6.88. The molecule has 2 atom stereocenters. The van der Waals surface area contributed by atoms with Gasteiger partial charge in [0.15, 0.2) is 0 Å². The van der Waals surface area contributed by atoms with E-state index < -0.39 is 18.2 Å². The van der Waals surface area contributed by atoms with Gasteiger partial charge in [-0.05, 0) is 40.6 Å². The van der Waals surface area contributed by atoms with Gasteiger partial charge in [0.2, 0.25) is 0 Å². The van der Waals surface area contributed by atoms with Gasteiger partial charge in [-0.1, -0.05) is 31.5 Å². The Morgan fingerprint density at radius 3 is 2.65 bits per heavy atom. The van der Waals surface area contributed by atoms with E-state index in [9.17, 15) is 9.90 Å². The van der Waals surface area contributed by atoms with Crippen LogP contribution in [0.2, 0.25) is 0 Å². The minimum Gasteiger partial charge on any atom is -0.465 e. The van der Waals surface area contributed by atoms with Crippen LogP contribution in [0.5, 0.6) is 0 Å². The van der Waals surface area contributed by atoms with Crippen LogP contribution < -0.4 is 5.32 Å². The summed E-state index contributed by atoms with van der Waals surface area (Å²) in [5, 5.41) is 21.2. The molecule has 0 saturated heterocycles. The number of rotatable bonds is 5. The zero-order valence-electron chi connectivity index (χ0n) is 9.56. The summed E-state index contributed by atoms with van der Waals surface area (Å²) in [5.41, 5.74) is 0.816. The molecule has 17 heavy (non-hydrogen) atoms. The van der Waals surface area contributed by atoms with E-state index in [-0.39, 0.29) is 0 Å². The molecular weight excluding hydrogens is 333 g/mol. The van der Waals surface area contributed by atoms with Crippen molar-refractivity contribution in [3.63, 3.8) is 0 Å². The smallest absolute Gasteiger partial charge is 0.405 e. The third-order valence-corrected chi connectivity index (χ3v) is 3.47. The largest absolute Gasteiger partial charge is 0.465 e. The van der Waals surface area contributed by atoms with Crippen LogP contribution in [0.4, 0.5) is 4.79 Å². The highest BCUT2D eigenvalue weighted by molar-refractivity contribution is 14.1. The first-order chi connectivity index (χ1) is 8.06. The number of carboxylic acid groups (broad SMARTS) is 1. The van der Waals surface area contributed by atoms with Gasteiger partial charge in [0.05, 0.1) is 12.1 Å². The maximum Gasteiger partial charge on any atom is 0.405 e. The quantitative estimate of drug-likeness (QED) is 0.716. The van der Waals surface area contributed by atoms with E-state index in [0.717, 1.165) is 15.6 Å². The summed E-state index contributed by atoms with van der Waals surface area (Å²) in [4.78, 5) is 10.8. The molecule has 1 rings (SSSR count). The Kier molecular flexibility index (Phi) is 5.70. The summed E-state index contributed by atoms with van der Waals surface area (Å²) >= 11 is 2.14.